The molecule has 19 heavy (non-hydrogen) atoms. The summed E-state index contributed by atoms with van der Waals surface area (Å²) < 4.78 is 0. The first-order valence-corrected chi connectivity index (χ1v) is 7.26. The third kappa shape index (κ3) is 4.06. The molecule has 104 valence electrons. The lowest BCUT2D eigenvalue weighted by Crippen LogP contribution is -2.40. The SMILES string of the molecule is CC(NCC1CCCC1C)C(=O)Nc1ccccc1. The summed E-state index contributed by atoms with van der Waals surface area (Å²) in [4.78, 5) is 12.0. The average Bonchev–Trinajstić information content (AvgIpc) is 2.82. The number of para-hydroxylation sites is 1. The van der Waals surface area contributed by atoms with Crippen LogP contribution in [0.15, 0.2) is 30.3 Å². The Bertz CT molecular complexity index is 404. The molecule has 0 radical (unpaired) electrons. The van der Waals surface area contributed by atoms with Gasteiger partial charge in [-0.1, -0.05) is 38.0 Å². The van der Waals surface area contributed by atoms with Crippen molar-refractivity contribution in [1.82, 2.24) is 5.32 Å². The monoisotopic (exact) mass is 260 g/mol. The summed E-state index contributed by atoms with van der Waals surface area (Å²) in [5, 5.41) is 6.29. The van der Waals surface area contributed by atoms with Gasteiger partial charge < -0.3 is 10.6 Å². The van der Waals surface area contributed by atoms with Gasteiger partial charge in [-0.05, 0) is 43.9 Å². The number of hydrogen-bond acceptors (Lipinski definition) is 2. The van der Waals surface area contributed by atoms with Crippen molar-refractivity contribution in [3.8, 4) is 0 Å². The van der Waals surface area contributed by atoms with Crippen LogP contribution < -0.4 is 10.6 Å². The van der Waals surface area contributed by atoms with Gasteiger partial charge in [0.15, 0.2) is 0 Å². The Morgan fingerprint density at radius 3 is 2.68 bits per heavy atom. The second-order valence-electron chi connectivity index (χ2n) is 5.65. The predicted octanol–water partition coefficient (Wildman–Crippen LogP) is 3.04. The molecule has 1 aromatic rings. The Balaban J connectivity index is 1.76. The molecule has 0 saturated heterocycles. The number of benzene rings is 1. The molecule has 3 unspecified atom stereocenters. The maximum Gasteiger partial charge on any atom is 0.241 e. The van der Waals surface area contributed by atoms with Crippen LogP contribution in [-0.4, -0.2) is 18.5 Å². The smallest absolute Gasteiger partial charge is 0.241 e. The summed E-state index contributed by atoms with van der Waals surface area (Å²) in [5.41, 5.74) is 0.857. The first-order valence-electron chi connectivity index (χ1n) is 7.26. The molecule has 2 N–H and O–H groups in total. The van der Waals surface area contributed by atoms with Crippen molar-refractivity contribution in [1.29, 1.82) is 0 Å². The zero-order chi connectivity index (χ0) is 13.7. The number of rotatable bonds is 5. The molecule has 1 aromatic carbocycles. The molecule has 1 fully saturated rings. The molecule has 3 nitrogen and oxygen atoms in total. The van der Waals surface area contributed by atoms with Gasteiger partial charge in [0.05, 0.1) is 6.04 Å². The number of carbonyl (C=O) groups excluding carboxylic acids is 1. The fourth-order valence-corrected chi connectivity index (χ4v) is 2.72. The third-order valence-electron chi connectivity index (χ3n) is 4.16. The highest BCUT2D eigenvalue weighted by Crippen LogP contribution is 2.30. The fraction of sp³-hybridized carbons (Fsp3) is 0.562. The number of amides is 1. The highest BCUT2D eigenvalue weighted by atomic mass is 16.2. The van der Waals surface area contributed by atoms with Gasteiger partial charge >= 0.3 is 0 Å². The van der Waals surface area contributed by atoms with E-state index in [9.17, 15) is 4.79 Å². The second-order valence-corrected chi connectivity index (χ2v) is 5.65. The summed E-state index contributed by atoms with van der Waals surface area (Å²) in [6.07, 6.45) is 3.95. The lowest BCUT2D eigenvalue weighted by Gasteiger charge is -2.19. The molecule has 0 heterocycles. The number of hydrogen-bond donors (Lipinski definition) is 2. The molecule has 2 rings (SSSR count). The van der Waals surface area contributed by atoms with E-state index in [0.29, 0.717) is 0 Å². The van der Waals surface area contributed by atoms with E-state index in [1.807, 2.05) is 37.3 Å². The zero-order valence-corrected chi connectivity index (χ0v) is 11.9. The van der Waals surface area contributed by atoms with Crippen LogP contribution in [0.25, 0.3) is 0 Å². The molecule has 3 heteroatoms. The molecular formula is C16H24N2O. The lowest BCUT2D eigenvalue weighted by molar-refractivity contribution is -0.117. The van der Waals surface area contributed by atoms with Gasteiger partial charge in [-0.2, -0.15) is 0 Å². The molecule has 0 aromatic heterocycles. The van der Waals surface area contributed by atoms with Crippen molar-refractivity contribution in [2.75, 3.05) is 11.9 Å². The van der Waals surface area contributed by atoms with E-state index in [1.165, 1.54) is 19.3 Å². The van der Waals surface area contributed by atoms with Crippen molar-refractivity contribution < 1.29 is 4.79 Å². The van der Waals surface area contributed by atoms with Gasteiger partial charge in [-0.25, -0.2) is 0 Å². The highest BCUT2D eigenvalue weighted by molar-refractivity contribution is 5.94. The fourth-order valence-electron chi connectivity index (χ4n) is 2.72. The van der Waals surface area contributed by atoms with Crippen molar-refractivity contribution in [2.24, 2.45) is 11.8 Å². The molecule has 1 saturated carbocycles. The van der Waals surface area contributed by atoms with E-state index in [1.54, 1.807) is 0 Å². The topological polar surface area (TPSA) is 41.1 Å². The Morgan fingerprint density at radius 2 is 2.05 bits per heavy atom. The van der Waals surface area contributed by atoms with Gasteiger partial charge in [0.25, 0.3) is 0 Å². The molecule has 1 aliphatic rings. The molecule has 0 bridgehead atoms. The van der Waals surface area contributed by atoms with Crippen molar-refractivity contribution >= 4 is 11.6 Å². The van der Waals surface area contributed by atoms with Crippen LogP contribution in [0.2, 0.25) is 0 Å². The minimum Gasteiger partial charge on any atom is -0.325 e. The number of anilines is 1. The Morgan fingerprint density at radius 1 is 1.32 bits per heavy atom. The van der Waals surface area contributed by atoms with Gasteiger partial charge in [0, 0.05) is 5.69 Å². The van der Waals surface area contributed by atoms with E-state index in [4.69, 9.17) is 0 Å². The van der Waals surface area contributed by atoms with Crippen LogP contribution in [0.4, 0.5) is 5.69 Å². The normalized spacial score (nSPS) is 24.1. The van der Waals surface area contributed by atoms with Crippen LogP contribution >= 0.6 is 0 Å². The van der Waals surface area contributed by atoms with Crippen molar-refractivity contribution in [3.63, 3.8) is 0 Å². The average molecular weight is 260 g/mol. The Hall–Kier alpha value is -1.35. The van der Waals surface area contributed by atoms with Gasteiger partial charge in [0.2, 0.25) is 5.91 Å². The van der Waals surface area contributed by atoms with Gasteiger partial charge in [0.1, 0.15) is 0 Å². The summed E-state index contributed by atoms with van der Waals surface area (Å²) in [6, 6.07) is 9.46. The minimum absolute atomic E-state index is 0.0388. The van der Waals surface area contributed by atoms with Crippen LogP contribution in [0, 0.1) is 11.8 Å². The van der Waals surface area contributed by atoms with E-state index in [-0.39, 0.29) is 11.9 Å². The maximum absolute atomic E-state index is 12.0. The number of nitrogens with one attached hydrogen (secondary N) is 2. The molecule has 1 aliphatic carbocycles. The van der Waals surface area contributed by atoms with Crippen LogP contribution in [0.5, 0.6) is 0 Å². The first kappa shape index (κ1) is 14.1. The predicted molar refractivity (Wildman–Crippen MR) is 79.0 cm³/mol. The summed E-state index contributed by atoms with van der Waals surface area (Å²) >= 11 is 0. The van der Waals surface area contributed by atoms with E-state index >= 15 is 0 Å². The molecule has 0 aliphatic heterocycles. The largest absolute Gasteiger partial charge is 0.325 e. The van der Waals surface area contributed by atoms with Crippen molar-refractivity contribution in [2.45, 2.75) is 39.2 Å². The molecule has 1 amide bonds. The van der Waals surface area contributed by atoms with Crippen LogP contribution in [-0.2, 0) is 4.79 Å². The van der Waals surface area contributed by atoms with E-state index in [2.05, 4.69) is 17.6 Å². The molecule has 3 atom stereocenters. The van der Waals surface area contributed by atoms with Gasteiger partial charge in [-0.3, -0.25) is 4.79 Å². The molecular weight excluding hydrogens is 236 g/mol. The van der Waals surface area contributed by atoms with E-state index in [0.717, 1.165) is 24.1 Å². The Kier molecular flexibility index (Phi) is 4.97. The maximum atomic E-state index is 12.0. The highest BCUT2D eigenvalue weighted by Gasteiger charge is 2.24. The van der Waals surface area contributed by atoms with Crippen LogP contribution in [0.3, 0.4) is 0 Å². The summed E-state index contributed by atoms with van der Waals surface area (Å²) in [6.45, 7) is 5.19. The summed E-state index contributed by atoms with van der Waals surface area (Å²) in [7, 11) is 0. The van der Waals surface area contributed by atoms with Crippen LogP contribution in [0.1, 0.15) is 33.1 Å². The Labute approximate surface area is 115 Å². The molecule has 0 spiro atoms. The minimum atomic E-state index is -0.145. The quantitative estimate of drug-likeness (QED) is 0.854. The zero-order valence-electron chi connectivity index (χ0n) is 11.9. The van der Waals surface area contributed by atoms with Gasteiger partial charge in [-0.15, -0.1) is 0 Å². The first-order chi connectivity index (χ1) is 9.16. The second kappa shape index (κ2) is 6.71. The number of carbonyl (C=O) groups is 1. The lowest BCUT2D eigenvalue weighted by atomic mass is 9.98. The third-order valence-corrected chi connectivity index (χ3v) is 4.16. The van der Waals surface area contributed by atoms with E-state index < -0.39 is 0 Å². The van der Waals surface area contributed by atoms with Crippen molar-refractivity contribution in [3.05, 3.63) is 30.3 Å². The summed E-state index contributed by atoms with van der Waals surface area (Å²) in [5.74, 6) is 1.56. The standard InChI is InChI=1S/C16H24N2O/c1-12-7-6-8-14(12)11-17-13(2)16(19)18-15-9-4-3-5-10-15/h3-5,9-10,12-14,17H,6-8,11H2,1-2H3,(H,18,19).